The number of carbonyl (C=O) groups is 2. The number of Topliss-reactive ketones (excluding diaryl/α,β-unsaturated/α-hetero) is 1. The normalized spacial score (nSPS) is 22.9. The minimum Gasteiger partial charge on any atom is -0.327 e. The Hall–Kier alpha value is -2.10. The van der Waals surface area contributed by atoms with Gasteiger partial charge in [0, 0.05) is 17.2 Å². The second-order valence-corrected chi connectivity index (χ2v) is 5.83. The first-order valence-corrected chi connectivity index (χ1v) is 7.54. The van der Waals surface area contributed by atoms with E-state index in [1.165, 1.54) is 0 Å². The Bertz CT molecular complexity index is 586. The van der Waals surface area contributed by atoms with Crippen LogP contribution in [0.4, 0.5) is 4.79 Å². The van der Waals surface area contributed by atoms with Crippen molar-refractivity contribution in [2.24, 2.45) is 5.92 Å². The molecule has 1 fully saturated rings. The number of rotatable bonds is 3. The third-order valence-electron chi connectivity index (χ3n) is 4.39. The number of nitrogens with one attached hydrogen (secondary N) is 2. The predicted molar refractivity (Wildman–Crippen MR) is 80.5 cm³/mol. The van der Waals surface area contributed by atoms with Crippen molar-refractivity contribution in [2.45, 2.75) is 38.6 Å². The van der Waals surface area contributed by atoms with Crippen molar-refractivity contribution < 1.29 is 9.59 Å². The summed E-state index contributed by atoms with van der Waals surface area (Å²) >= 11 is 0. The maximum absolute atomic E-state index is 12.9. The van der Waals surface area contributed by atoms with E-state index in [2.05, 4.69) is 10.6 Å². The van der Waals surface area contributed by atoms with Crippen LogP contribution in [-0.2, 0) is 4.79 Å². The van der Waals surface area contributed by atoms with Gasteiger partial charge in [0.15, 0.2) is 5.78 Å². The summed E-state index contributed by atoms with van der Waals surface area (Å²) in [5.41, 5.74) is 2.35. The van der Waals surface area contributed by atoms with Crippen molar-refractivity contribution in [3.63, 3.8) is 0 Å². The number of amides is 2. The van der Waals surface area contributed by atoms with Gasteiger partial charge < -0.3 is 10.6 Å². The Balaban J connectivity index is 1.98. The second kappa shape index (κ2) is 5.72. The third-order valence-corrected chi connectivity index (χ3v) is 4.39. The van der Waals surface area contributed by atoms with Crippen molar-refractivity contribution in [3.05, 3.63) is 47.2 Å². The largest absolute Gasteiger partial charge is 0.327 e. The summed E-state index contributed by atoms with van der Waals surface area (Å²) in [7, 11) is 0. The first-order chi connectivity index (χ1) is 10.2. The minimum atomic E-state index is -0.340. The molecule has 0 saturated heterocycles. The molecule has 3 rings (SSSR count). The fourth-order valence-corrected chi connectivity index (χ4v) is 3.32. The van der Waals surface area contributed by atoms with Crippen LogP contribution in [0, 0.1) is 5.92 Å². The summed E-state index contributed by atoms with van der Waals surface area (Å²) in [5.74, 6) is 0.296. The van der Waals surface area contributed by atoms with E-state index >= 15 is 0 Å². The first-order valence-electron chi connectivity index (χ1n) is 7.54. The van der Waals surface area contributed by atoms with Crippen LogP contribution in [0.3, 0.4) is 0 Å². The lowest BCUT2D eigenvalue weighted by Gasteiger charge is -2.30. The van der Waals surface area contributed by atoms with Gasteiger partial charge in [-0.1, -0.05) is 43.2 Å². The van der Waals surface area contributed by atoms with Crippen molar-refractivity contribution >= 4 is 11.8 Å². The van der Waals surface area contributed by atoms with Crippen LogP contribution < -0.4 is 10.6 Å². The molecular weight excluding hydrogens is 264 g/mol. The van der Waals surface area contributed by atoms with Crippen LogP contribution in [-0.4, -0.2) is 11.8 Å². The van der Waals surface area contributed by atoms with E-state index < -0.39 is 0 Å². The summed E-state index contributed by atoms with van der Waals surface area (Å²) in [5, 5.41) is 5.63. The molecule has 1 aromatic rings. The molecule has 1 atom stereocenters. The number of urea groups is 1. The van der Waals surface area contributed by atoms with E-state index in [1.54, 1.807) is 0 Å². The fourth-order valence-electron chi connectivity index (χ4n) is 3.32. The van der Waals surface area contributed by atoms with Gasteiger partial charge in [-0.05, 0) is 25.3 Å². The molecule has 0 aromatic heterocycles. The molecule has 2 aliphatic rings. The van der Waals surface area contributed by atoms with E-state index in [0.717, 1.165) is 31.2 Å². The van der Waals surface area contributed by atoms with Crippen LogP contribution in [0.2, 0.25) is 0 Å². The number of hydrogen-bond acceptors (Lipinski definition) is 2. The van der Waals surface area contributed by atoms with Crippen LogP contribution in [0.25, 0.3) is 0 Å². The van der Waals surface area contributed by atoms with Gasteiger partial charge in [-0.2, -0.15) is 0 Å². The Morgan fingerprint density at radius 2 is 1.81 bits per heavy atom. The van der Waals surface area contributed by atoms with Crippen LogP contribution in [0.15, 0.2) is 41.6 Å². The number of benzene rings is 1. The SMILES string of the molecule is CC1=C(C(=O)C2CCCC2)C(c2ccccc2)NC(=O)N1. The molecule has 2 N–H and O–H groups in total. The summed E-state index contributed by atoms with van der Waals surface area (Å²) < 4.78 is 0. The number of carbonyl (C=O) groups excluding carboxylic acids is 2. The maximum atomic E-state index is 12.9. The van der Waals surface area contributed by atoms with Crippen molar-refractivity contribution in [1.82, 2.24) is 10.6 Å². The highest BCUT2D eigenvalue weighted by Crippen LogP contribution is 2.34. The first kappa shape index (κ1) is 13.9. The van der Waals surface area contributed by atoms with Crippen LogP contribution in [0.1, 0.15) is 44.2 Å². The fraction of sp³-hybridized carbons (Fsp3) is 0.412. The number of hydrogen-bond donors (Lipinski definition) is 2. The zero-order valence-corrected chi connectivity index (χ0v) is 12.2. The highest BCUT2D eigenvalue weighted by molar-refractivity contribution is 6.01. The Labute approximate surface area is 124 Å². The molecule has 4 heteroatoms. The molecule has 110 valence electrons. The van der Waals surface area contributed by atoms with Crippen LogP contribution >= 0.6 is 0 Å². The van der Waals surface area contributed by atoms with Gasteiger partial charge in [0.1, 0.15) is 0 Å². The zero-order chi connectivity index (χ0) is 14.8. The molecule has 2 amide bonds. The molecule has 0 radical (unpaired) electrons. The summed E-state index contributed by atoms with van der Waals surface area (Å²) in [6.45, 7) is 1.82. The van der Waals surface area contributed by atoms with E-state index in [-0.39, 0.29) is 23.8 Å². The molecular formula is C17H20N2O2. The van der Waals surface area contributed by atoms with E-state index in [4.69, 9.17) is 0 Å². The van der Waals surface area contributed by atoms with Crippen molar-refractivity contribution in [2.75, 3.05) is 0 Å². The van der Waals surface area contributed by atoms with Crippen molar-refractivity contribution in [3.8, 4) is 0 Å². The summed E-state index contributed by atoms with van der Waals surface area (Å²) in [6, 6.07) is 9.10. The molecule has 1 aliphatic heterocycles. The monoisotopic (exact) mass is 284 g/mol. The lowest BCUT2D eigenvalue weighted by molar-refractivity contribution is -0.119. The van der Waals surface area contributed by atoms with Gasteiger partial charge >= 0.3 is 6.03 Å². The standard InChI is InChI=1S/C17H20N2O2/c1-11-14(16(20)13-9-5-6-10-13)15(19-17(21)18-11)12-7-3-2-4-8-12/h2-4,7-8,13,15H,5-6,9-10H2,1H3,(H2,18,19,21). The van der Waals surface area contributed by atoms with E-state index in [0.29, 0.717) is 11.3 Å². The molecule has 4 nitrogen and oxygen atoms in total. The van der Waals surface area contributed by atoms with Crippen LogP contribution in [0.5, 0.6) is 0 Å². The Morgan fingerprint density at radius 1 is 1.14 bits per heavy atom. The third kappa shape index (κ3) is 2.71. The molecule has 1 heterocycles. The lowest BCUT2D eigenvalue weighted by atomic mass is 9.86. The molecule has 1 unspecified atom stereocenters. The molecule has 1 aromatic carbocycles. The minimum absolute atomic E-state index is 0.109. The molecule has 21 heavy (non-hydrogen) atoms. The number of ketones is 1. The van der Waals surface area contributed by atoms with Gasteiger partial charge in [0.25, 0.3) is 0 Å². The Kier molecular flexibility index (Phi) is 3.78. The van der Waals surface area contributed by atoms with Gasteiger partial charge in [0.05, 0.1) is 6.04 Å². The topological polar surface area (TPSA) is 58.2 Å². The smallest absolute Gasteiger partial charge is 0.319 e. The molecule has 0 spiro atoms. The lowest BCUT2D eigenvalue weighted by Crippen LogP contribution is -2.45. The van der Waals surface area contributed by atoms with Crippen molar-refractivity contribution in [1.29, 1.82) is 0 Å². The van der Waals surface area contributed by atoms with Gasteiger partial charge in [-0.25, -0.2) is 4.79 Å². The summed E-state index contributed by atoms with van der Waals surface area (Å²) in [4.78, 5) is 24.6. The highest BCUT2D eigenvalue weighted by Gasteiger charge is 2.35. The van der Waals surface area contributed by atoms with Gasteiger partial charge in [-0.15, -0.1) is 0 Å². The number of allylic oxidation sites excluding steroid dienone is 1. The summed E-state index contributed by atoms with van der Waals surface area (Å²) in [6.07, 6.45) is 4.17. The van der Waals surface area contributed by atoms with Gasteiger partial charge in [0.2, 0.25) is 0 Å². The van der Waals surface area contributed by atoms with E-state index in [1.807, 2.05) is 37.3 Å². The Morgan fingerprint density at radius 3 is 2.48 bits per heavy atom. The van der Waals surface area contributed by atoms with E-state index in [9.17, 15) is 9.59 Å². The maximum Gasteiger partial charge on any atom is 0.319 e. The predicted octanol–water partition coefficient (Wildman–Crippen LogP) is 3.07. The molecule has 0 bridgehead atoms. The zero-order valence-electron chi connectivity index (χ0n) is 12.2. The quantitative estimate of drug-likeness (QED) is 0.896. The van der Waals surface area contributed by atoms with Gasteiger partial charge in [-0.3, -0.25) is 4.79 Å². The molecule has 1 aliphatic carbocycles. The molecule has 1 saturated carbocycles. The average Bonchev–Trinajstić information content (AvgIpc) is 3.01. The highest BCUT2D eigenvalue weighted by atomic mass is 16.2. The second-order valence-electron chi connectivity index (χ2n) is 5.83. The average molecular weight is 284 g/mol.